The highest BCUT2D eigenvalue weighted by Crippen LogP contribution is 2.40. The highest BCUT2D eigenvalue weighted by atomic mass is 19.1. The summed E-state index contributed by atoms with van der Waals surface area (Å²) in [5.74, 6) is 0.910. The molecule has 1 aliphatic carbocycles. The van der Waals surface area contributed by atoms with Crippen molar-refractivity contribution in [2.75, 3.05) is 6.73 Å². The Kier molecular flexibility index (Phi) is 5.73. The molecule has 0 radical (unpaired) electrons. The number of nitriles is 1. The van der Waals surface area contributed by atoms with Crippen molar-refractivity contribution in [3.8, 4) is 34.7 Å². The SMILES string of the molecule is N#Cc1ccccc1-c1nc2cnc(-c3ncn[nH]3)cc2n1[C@@H]1CCC[C@H](N2COc3ccc(F)cc3C2=O)C1. The largest absolute Gasteiger partial charge is 0.472 e. The van der Waals surface area contributed by atoms with Crippen LogP contribution in [0.25, 0.3) is 33.9 Å². The van der Waals surface area contributed by atoms with E-state index in [1.807, 2.05) is 24.3 Å². The third kappa shape index (κ3) is 3.96. The molecule has 10 nitrogen and oxygen atoms in total. The molecule has 0 spiro atoms. The first-order valence-corrected chi connectivity index (χ1v) is 13.1. The summed E-state index contributed by atoms with van der Waals surface area (Å²) in [6.07, 6.45) is 6.31. The molecule has 11 heteroatoms. The summed E-state index contributed by atoms with van der Waals surface area (Å²) in [7, 11) is 0. The maximum Gasteiger partial charge on any atom is 0.260 e. The average Bonchev–Trinajstić information content (AvgIpc) is 3.66. The van der Waals surface area contributed by atoms with Crippen LogP contribution in [0.2, 0.25) is 0 Å². The van der Waals surface area contributed by atoms with Crippen LogP contribution in [0.15, 0.2) is 61.1 Å². The number of halogens is 1. The summed E-state index contributed by atoms with van der Waals surface area (Å²) in [4.78, 5) is 28.8. The fourth-order valence-corrected chi connectivity index (χ4v) is 5.87. The summed E-state index contributed by atoms with van der Waals surface area (Å²) < 4.78 is 22.0. The second-order valence-corrected chi connectivity index (χ2v) is 10.0. The molecular weight excluding hydrogens is 511 g/mol. The van der Waals surface area contributed by atoms with Crippen molar-refractivity contribution in [2.45, 2.75) is 37.8 Å². The second-order valence-electron chi connectivity index (χ2n) is 10.0. The summed E-state index contributed by atoms with van der Waals surface area (Å²) in [6, 6.07) is 15.5. The predicted octanol–water partition coefficient (Wildman–Crippen LogP) is 4.87. The number of aromatic nitrogens is 6. The van der Waals surface area contributed by atoms with Crippen LogP contribution in [0.5, 0.6) is 5.75 Å². The van der Waals surface area contributed by atoms with Gasteiger partial charge in [-0.05, 0) is 62.1 Å². The Morgan fingerprint density at radius 3 is 2.80 bits per heavy atom. The molecular formula is C29H23FN8O2. The van der Waals surface area contributed by atoms with E-state index < -0.39 is 5.82 Å². The van der Waals surface area contributed by atoms with Gasteiger partial charge in [0.2, 0.25) is 0 Å². The van der Waals surface area contributed by atoms with Crippen molar-refractivity contribution >= 4 is 16.9 Å². The van der Waals surface area contributed by atoms with Gasteiger partial charge in [0.1, 0.15) is 34.9 Å². The Morgan fingerprint density at radius 2 is 1.95 bits per heavy atom. The molecule has 1 saturated carbocycles. The van der Waals surface area contributed by atoms with E-state index in [-0.39, 0.29) is 30.3 Å². The van der Waals surface area contributed by atoms with E-state index in [0.717, 1.165) is 30.3 Å². The first-order valence-electron chi connectivity index (χ1n) is 13.1. The minimum absolute atomic E-state index is 0.0304. The molecule has 1 aliphatic heterocycles. The molecule has 198 valence electrons. The van der Waals surface area contributed by atoms with E-state index in [4.69, 9.17) is 9.72 Å². The van der Waals surface area contributed by atoms with Gasteiger partial charge in [-0.1, -0.05) is 12.1 Å². The van der Waals surface area contributed by atoms with Gasteiger partial charge in [-0.15, -0.1) is 0 Å². The van der Waals surface area contributed by atoms with Gasteiger partial charge in [0, 0.05) is 17.6 Å². The number of carbonyl (C=O) groups excluding carboxylic acids is 1. The molecule has 1 N–H and O–H groups in total. The number of pyridine rings is 1. The molecule has 5 aromatic rings. The third-order valence-corrected chi connectivity index (χ3v) is 7.74. The molecule has 0 bridgehead atoms. The Bertz CT molecular complexity index is 1790. The van der Waals surface area contributed by atoms with Gasteiger partial charge in [-0.2, -0.15) is 10.4 Å². The number of hydrogen-bond acceptors (Lipinski definition) is 7. The molecule has 0 unspecified atom stereocenters. The van der Waals surface area contributed by atoms with E-state index in [9.17, 15) is 14.4 Å². The molecule has 40 heavy (non-hydrogen) atoms. The number of fused-ring (bicyclic) bond motifs is 2. The van der Waals surface area contributed by atoms with Crippen molar-refractivity contribution in [3.63, 3.8) is 0 Å². The zero-order valence-electron chi connectivity index (χ0n) is 21.3. The van der Waals surface area contributed by atoms with Gasteiger partial charge in [0.05, 0.1) is 28.9 Å². The highest BCUT2D eigenvalue weighted by molar-refractivity contribution is 5.98. The molecule has 1 fully saturated rings. The number of benzene rings is 2. The highest BCUT2D eigenvalue weighted by Gasteiger charge is 2.36. The predicted molar refractivity (Wildman–Crippen MR) is 142 cm³/mol. The lowest BCUT2D eigenvalue weighted by Crippen LogP contribution is -2.47. The fraction of sp³-hybridized carbons (Fsp3) is 0.241. The van der Waals surface area contributed by atoms with Crippen LogP contribution >= 0.6 is 0 Å². The summed E-state index contributed by atoms with van der Waals surface area (Å²) >= 11 is 0. The maximum atomic E-state index is 14.0. The van der Waals surface area contributed by atoms with Crippen molar-refractivity contribution in [1.82, 2.24) is 34.6 Å². The van der Waals surface area contributed by atoms with Crippen molar-refractivity contribution in [3.05, 3.63) is 78.0 Å². The Labute approximate surface area is 228 Å². The van der Waals surface area contributed by atoms with Gasteiger partial charge in [-0.25, -0.2) is 14.4 Å². The molecule has 4 heterocycles. The van der Waals surface area contributed by atoms with Gasteiger partial charge in [0.25, 0.3) is 5.91 Å². The monoisotopic (exact) mass is 534 g/mol. The summed E-state index contributed by atoms with van der Waals surface area (Å²) in [5.41, 5.74) is 3.66. The van der Waals surface area contributed by atoms with Crippen LogP contribution < -0.4 is 4.74 Å². The molecule has 1 amide bonds. The molecule has 2 aromatic carbocycles. The van der Waals surface area contributed by atoms with Crippen molar-refractivity contribution in [2.24, 2.45) is 0 Å². The van der Waals surface area contributed by atoms with Crippen LogP contribution in [0.1, 0.15) is 47.6 Å². The van der Waals surface area contributed by atoms with Crippen molar-refractivity contribution in [1.29, 1.82) is 5.26 Å². The summed E-state index contributed by atoms with van der Waals surface area (Å²) in [6.45, 7) is 0.114. The number of ether oxygens (including phenoxy) is 1. The zero-order chi connectivity index (χ0) is 27.2. The van der Waals surface area contributed by atoms with Crippen LogP contribution in [0, 0.1) is 17.1 Å². The standard InChI is InChI=1S/C29H23FN8O2/c30-18-8-9-26-22(10-18)29(39)37(16-40-26)19-5-3-6-20(11-19)38-25-12-23(27-33-15-34-36-27)32-14-24(25)35-28(38)21-7-2-1-4-17(21)13-31/h1-2,4,7-10,12,14-15,19-20H,3,5-6,11,16H2,(H,33,34,36)/t19-,20+/m0/s1. The molecule has 7 rings (SSSR count). The number of H-pyrrole nitrogens is 1. The Hall–Kier alpha value is -5.11. The number of imidazole rings is 1. The van der Waals surface area contributed by atoms with Crippen LogP contribution in [-0.4, -0.2) is 53.3 Å². The minimum Gasteiger partial charge on any atom is -0.472 e. The first-order chi connectivity index (χ1) is 19.6. The van der Waals surface area contributed by atoms with E-state index in [1.165, 1.54) is 24.5 Å². The normalized spacial score (nSPS) is 18.8. The number of nitrogens with one attached hydrogen (secondary N) is 1. The molecule has 2 atom stereocenters. The van der Waals surface area contributed by atoms with Crippen LogP contribution in [0.3, 0.4) is 0 Å². The lowest BCUT2D eigenvalue weighted by atomic mass is 9.89. The number of carbonyl (C=O) groups is 1. The molecule has 2 aliphatic rings. The van der Waals surface area contributed by atoms with Crippen LogP contribution in [0.4, 0.5) is 4.39 Å². The number of aromatic amines is 1. The van der Waals surface area contributed by atoms with Gasteiger partial charge in [0.15, 0.2) is 12.6 Å². The smallest absolute Gasteiger partial charge is 0.260 e. The van der Waals surface area contributed by atoms with Crippen molar-refractivity contribution < 1.29 is 13.9 Å². The fourth-order valence-electron chi connectivity index (χ4n) is 5.87. The number of nitrogens with zero attached hydrogens (tertiary/aromatic N) is 7. The number of amides is 1. The van der Waals surface area contributed by atoms with E-state index >= 15 is 0 Å². The maximum absolute atomic E-state index is 14.0. The minimum atomic E-state index is -0.471. The first kappa shape index (κ1) is 24.0. The quantitative estimate of drug-likeness (QED) is 0.349. The van der Waals surface area contributed by atoms with E-state index in [1.54, 1.807) is 17.2 Å². The number of rotatable bonds is 4. The third-order valence-electron chi connectivity index (χ3n) is 7.74. The topological polar surface area (TPSA) is 126 Å². The summed E-state index contributed by atoms with van der Waals surface area (Å²) in [5, 5.41) is 16.7. The molecule has 3 aromatic heterocycles. The van der Waals surface area contributed by atoms with Gasteiger partial charge in [-0.3, -0.25) is 14.9 Å². The average molecular weight is 535 g/mol. The van der Waals surface area contributed by atoms with Gasteiger partial charge < -0.3 is 14.2 Å². The lowest BCUT2D eigenvalue weighted by Gasteiger charge is -2.40. The lowest BCUT2D eigenvalue weighted by molar-refractivity contribution is 0.0279. The zero-order valence-corrected chi connectivity index (χ0v) is 21.3. The second kappa shape index (κ2) is 9.57. The Balaban J connectivity index is 1.31. The molecule has 0 saturated heterocycles. The van der Waals surface area contributed by atoms with E-state index in [0.29, 0.717) is 40.6 Å². The van der Waals surface area contributed by atoms with Gasteiger partial charge >= 0.3 is 0 Å². The van der Waals surface area contributed by atoms with Crippen LogP contribution in [-0.2, 0) is 0 Å². The van der Waals surface area contributed by atoms with E-state index in [2.05, 4.69) is 30.8 Å². The Morgan fingerprint density at radius 1 is 1.07 bits per heavy atom. The number of hydrogen-bond donors (Lipinski definition) is 1.